The average Bonchev–Trinajstić information content (AvgIpc) is 2.48. The molecule has 0 aliphatic carbocycles. The van der Waals surface area contributed by atoms with E-state index in [0.717, 1.165) is 0 Å². The molecule has 1 heterocycles. The largest absolute Gasteiger partial charge is 0.494 e. The molecule has 1 aromatic heterocycles. The number of pyridine rings is 1. The standard InChI is InChI=1S/C14H11N3O3/c1-19-12-7-8-13(16-11(12)9-15)17-14(18)20-10-5-3-2-4-6-10/h2-8H,1H3,(H,16,17,18). The number of para-hydroxylation sites is 1. The van der Waals surface area contributed by atoms with Crippen molar-refractivity contribution in [1.29, 1.82) is 5.26 Å². The first-order valence-electron chi connectivity index (χ1n) is 5.72. The van der Waals surface area contributed by atoms with E-state index in [9.17, 15) is 4.79 Å². The molecular formula is C14H11N3O3. The number of methoxy groups -OCH3 is 1. The van der Waals surface area contributed by atoms with Gasteiger partial charge < -0.3 is 9.47 Å². The van der Waals surface area contributed by atoms with Crippen LogP contribution in [0.15, 0.2) is 42.5 Å². The second-order valence-electron chi connectivity index (χ2n) is 3.69. The molecule has 0 unspecified atom stereocenters. The summed E-state index contributed by atoms with van der Waals surface area (Å²) in [6.45, 7) is 0. The van der Waals surface area contributed by atoms with Crippen molar-refractivity contribution in [3.05, 3.63) is 48.2 Å². The lowest BCUT2D eigenvalue weighted by atomic mass is 10.3. The Morgan fingerprint density at radius 1 is 1.25 bits per heavy atom. The summed E-state index contributed by atoms with van der Waals surface area (Å²) < 4.78 is 10.0. The summed E-state index contributed by atoms with van der Waals surface area (Å²) in [7, 11) is 1.44. The van der Waals surface area contributed by atoms with E-state index < -0.39 is 6.09 Å². The molecule has 0 bridgehead atoms. The number of carbonyl (C=O) groups excluding carboxylic acids is 1. The quantitative estimate of drug-likeness (QED) is 0.925. The molecule has 0 aliphatic heterocycles. The molecule has 0 saturated heterocycles. The van der Waals surface area contributed by atoms with Crippen LogP contribution in [0, 0.1) is 11.3 Å². The van der Waals surface area contributed by atoms with Crippen LogP contribution in [0.1, 0.15) is 5.69 Å². The first kappa shape index (κ1) is 13.4. The molecule has 6 nitrogen and oxygen atoms in total. The van der Waals surface area contributed by atoms with E-state index in [1.807, 2.05) is 12.1 Å². The normalized spacial score (nSPS) is 9.40. The fourth-order valence-corrected chi connectivity index (χ4v) is 1.49. The van der Waals surface area contributed by atoms with Gasteiger partial charge >= 0.3 is 6.09 Å². The molecule has 0 saturated carbocycles. The number of hydrogen-bond acceptors (Lipinski definition) is 5. The molecule has 6 heteroatoms. The molecule has 20 heavy (non-hydrogen) atoms. The maximum Gasteiger partial charge on any atom is 0.418 e. The molecule has 2 rings (SSSR count). The highest BCUT2D eigenvalue weighted by Crippen LogP contribution is 2.18. The number of nitrogens with zero attached hydrogens (tertiary/aromatic N) is 2. The minimum atomic E-state index is -0.683. The monoisotopic (exact) mass is 269 g/mol. The van der Waals surface area contributed by atoms with Crippen molar-refractivity contribution in [2.24, 2.45) is 0 Å². The predicted octanol–water partition coefficient (Wildman–Crippen LogP) is 2.57. The number of rotatable bonds is 3. The molecule has 2 aromatic rings. The van der Waals surface area contributed by atoms with Gasteiger partial charge in [-0.3, -0.25) is 5.32 Å². The number of hydrogen-bond donors (Lipinski definition) is 1. The van der Waals surface area contributed by atoms with E-state index in [1.54, 1.807) is 30.3 Å². The fraction of sp³-hybridized carbons (Fsp3) is 0.0714. The predicted molar refractivity (Wildman–Crippen MR) is 71.6 cm³/mol. The van der Waals surface area contributed by atoms with Crippen LogP contribution in [-0.2, 0) is 0 Å². The highest BCUT2D eigenvalue weighted by molar-refractivity contribution is 5.85. The van der Waals surface area contributed by atoms with Gasteiger partial charge in [0.05, 0.1) is 7.11 Å². The van der Waals surface area contributed by atoms with Crippen LogP contribution in [0.3, 0.4) is 0 Å². The van der Waals surface area contributed by atoms with Crippen molar-refractivity contribution in [2.75, 3.05) is 12.4 Å². The van der Waals surface area contributed by atoms with Gasteiger partial charge in [0.1, 0.15) is 17.6 Å². The summed E-state index contributed by atoms with van der Waals surface area (Å²) >= 11 is 0. The minimum Gasteiger partial charge on any atom is -0.494 e. The number of ether oxygens (including phenoxy) is 2. The number of benzene rings is 1. The summed E-state index contributed by atoms with van der Waals surface area (Å²) in [4.78, 5) is 15.6. The number of nitrogens with one attached hydrogen (secondary N) is 1. The van der Waals surface area contributed by atoms with Crippen molar-refractivity contribution < 1.29 is 14.3 Å². The summed E-state index contributed by atoms with van der Waals surface area (Å²) in [5.41, 5.74) is 0.0880. The van der Waals surface area contributed by atoms with Crippen LogP contribution in [0.4, 0.5) is 10.6 Å². The van der Waals surface area contributed by atoms with Gasteiger partial charge in [0.15, 0.2) is 11.4 Å². The molecule has 0 radical (unpaired) electrons. The van der Waals surface area contributed by atoms with E-state index in [1.165, 1.54) is 13.2 Å². The summed E-state index contributed by atoms with van der Waals surface area (Å²) in [5.74, 6) is 0.969. The SMILES string of the molecule is COc1ccc(NC(=O)Oc2ccccc2)nc1C#N. The Bertz CT molecular complexity index is 650. The van der Waals surface area contributed by atoms with Crippen molar-refractivity contribution in [3.8, 4) is 17.6 Å². The zero-order valence-corrected chi connectivity index (χ0v) is 10.7. The van der Waals surface area contributed by atoms with Crippen molar-refractivity contribution in [2.45, 2.75) is 0 Å². The van der Waals surface area contributed by atoms with Crippen molar-refractivity contribution in [1.82, 2.24) is 4.98 Å². The van der Waals surface area contributed by atoms with Crippen molar-refractivity contribution in [3.63, 3.8) is 0 Å². The van der Waals surface area contributed by atoms with E-state index in [-0.39, 0.29) is 11.5 Å². The minimum absolute atomic E-state index is 0.0880. The summed E-state index contributed by atoms with van der Waals surface area (Å²) in [5, 5.41) is 11.3. The van der Waals surface area contributed by atoms with Crippen LogP contribution in [-0.4, -0.2) is 18.2 Å². The molecule has 0 fully saturated rings. The second-order valence-corrected chi connectivity index (χ2v) is 3.69. The van der Waals surface area contributed by atoms with Gasteiger partial charge in [-0.1, -0.05) is 18.2 Å². The third kappa shape index (κ3) is 3.23. The average molecular weight is 269 g/mol. The number of carbonyl (C=O) groups is 1. The molecule has 1 N–H and O–H groups in total. The van der Waals surface area contributed by atoms with E-state index in [4.69, 9.17) is 14.7 Å². The molecule has 1 amide bonds. The third-order valence-corrected chi connectivity index (χ3v) is 2.37. The highest BCUT2D eigenvalue weighted by atomic mass is 16.6. The lowest BCUT2D eigenvalue weighted by Gasteiger charge is -2.07. The first-order valence-corrected chi connectivity index (χ1v) is 5.72. The van der Waals surface area contributed by atoms with Gasteiger partial charge in [0.2, 0.25) is 0 Å². The number of amides is 1. The highest BCUT2D eigenvalue weighted by Gasteiger charge is 2.09. The van der Waals surface area contributed by atoms with Gasteiger partial charge in [-0.25, -0.2) is 9.78 Å². The Morgan fingerprint density at radius 2 is 2.00 bits per heavy atom. The number of anilines is 1. The topological polar surface area (TPSA) is 84.2 Å². The molecular weight excluding hydrogens is 258 g/mol. The Labute approximate surface area is 115 Å². The summed E-state index contributed by atoms with van der Waals surface area (Å²) in [6, 6.07) is 13.6. The zero-order chi connectivity index (χ0) is 14.4. The van der Waals surface area contributed by atoms with Gasteiger partial charge in [-0.05, 0) is 24.3 Å². The Hall–Kier alpha value is -3.07. The lowest BCUT2D eigenvalue weighted by Crippen LogP contribution is -2.17. The van der Waals surface area contributed by atoms with E-state index in [0.29, 0.717) is 11.5 Å². The number of nitriles is 1. The maximum atomic E-state index is 11.6. The van der Waals surface area contributed by atoms with Gasteiger partial charge in [0, 0.05) is 0 Å². The molecule has 0 atom stereocenters. The van der Waals surface area contributed by atoms with Crippen LogP contribution >= 0.6 is 0 Å². The fourth-order valence-electron chi connectivity index (χ4n) is 1.49. The Balaban J connectivity index is 2.07. The Kier molecular flexibility index (Phi) is 4.14. The molecule has 0 spiro atoms. The second kappa shape index (κ2) is 6.20. The van der Waals surface area contributed by atoms with E-state index in [2.05, 4.69) is 10.3 Å². The first-order chi connectivity index (χ1) is 9.72. The Morgan fingerprint density at radius 3 is 2.65 bits per heavy atom. The van der Waals surface area contributed by atoms with Crippen LogP contribution < -0.4 is 14.8 Å². The van der Waals surface area contributed by atoms with Crippen LogP contribution in [0.25, 0.3) is 0 Å². The van der Waals surface area contributed by atoms with Gasteiger partial charge in [0.25, 0.3) is 0 Å². The lowest BCUT2D eigenvalue weighted by molar-refractivity contribution is 0.215. The third-order valence-electron chi connectivity index (χ3n) is 2.37. The molecule has 1 aromatic carbocycles. The maximum absolute atomic E-state index is 11.6. The zero-order valence-electron chi connectivity index (χ0n) is 10.7. The van der Waals surface area contributed by atoms with E-state index >= 15 is 0 Å². The van der Waals surface area contributed by atoms with Crippen molar-refractivity contribution >= 4 is 11.9 Å². The molecule has 0 aliphatic rings. The van der Waals surface area contributed by atoms with Gasteiger partial charge in [-0.15, -0.1) is 0 Å². The summed E-state index contributed by atoms with van der Waals surface area (Å²) in [6.07, 6.45) is -0.683. The smallest absolute Gasteiger partial charge is 0.418 e. The van der Waals surface area contributed by atoms with Crippen LogP contribution in [0.2, 0.25) is 0 Å². The molecule has 100 valence electrons. The number of aromatic nitrogens is 1. The van der Waals surface area contributed by atoms with Crippen LogP contribution in [0.5, 0.6) is 11.5 Å². The van der Waals surface area contributed by atoms with Gasteiger partial charge in [-0.2, -0.15) is 5.26 Å².